The number of halogens is 1. The SMILES string of the molecule is CS(=O)(=O)CCC(=O)c1ccc(Cl)cc1N. The van der Waals surface area contributed by atoms with Crippen LogP contribution in [0.5, 0.6) is 0 Å². The van der Waals surface area contributed by atoms with Gasteiger partial charge in [-0.1, -0.05) is 11.6 Å². The second-order valence-corrected chi connectivity index (χ2v) is 6.23. The fourth-order valence-corrected chi connectivity index (χ4v) is 1.94. The van der Waals surface area contributed by atoms with Crippen LogP contribution in [0.4, 0.5) is 5.69 Å². The highest BCUT2D eigenvalue weighted by Gasteiger charge is 2.12. The van der Waals surface area contributed by atoms with E-state index in [9.17, 15) is 13.2 Å². The van der Waals surface area contributed by atoms with Crippen molar-refractivity contribution in [2.24, 2.45) is 0 Å². The normalized spacial score (nSPS) is 11.4. The first-order valence-electron chi connectivity index (χ1n) is 4.55. The van der Waals surface area contributed by atoms with Crippen LogP contribution < -0.4 is 5.73 Å². The number of carbonyl (C=O) groups is 1. The molecule has 0 radical (unpaired) electrons. The number of nitrogens with two attached hydrogens (primary N) is 1. The number of hydrogen-bond acceptors (Lipinski definition) is 4. The van der Waals surface area contributed by atoms with Crippen LogP contribution in [0, 0.1) is 0 Å². The molecule has 0 fully saturated rings. The maximum Gasteiger partial charge on any atom is 0.165 e. The summed E-state index contributed by atoms with van der Waals surface area (Å²) in [6, 6.07) is 4.52. The minimum absolute atomic E-state index is 0.0648. The van der Waals surface area contributed by atoms with Crippen molar-refractivity contribution in [2.75, 3.05) is 17.7 Å². The number of ketones is 1. The second-order valence-electron chi connectivity index (χ2n) is 3.53. The standard InChI is InChI=1S/C10H12ClNO3S/c1-16(14,15)5-4-10(13)8-3-2-7(11)6-9(8)12/h2-3,6H,4-5,12H2,1H3. The molecule has 0 unspecified atom stereocenters. The van der Waals surface area contributed by atoms with Gasteiger partial charge in [-0.15, -0.1) is 0 Å². The molecule has 0 aliphatic heterocycles. The Hall–Kier alpha value is -1.07. The monoisotopic (exact) mass is 261 g/mol. The fourth-order valence-electron chi connectivity index (χ4n) is 1.20. The van der Waals surface area contributed by atoms with Crippen LogP contribution in [-0.2, 0) is 9.84 Å². The van der Waals surface area contributed by atoms with Gasteiger partial charge < -0.3 is 5.73 Å². The quantitative estimate of drug-likeness (QED) is 0.659. The minimum Gasteiger partial charge on any atom is -0.398 e. The van der Waals surface area contributed by atoms with Crippen molar-refractivity contribution < 1.29 is 13.2 Å². The summed E-state index contributed by atoms with van der Waals surface area (Å²) in [5.41, 5.74) is 6.19. The molecular formula is C10H12ClNO3S. The van der Waals surface area contributed by atoms with Gasteiger partial charge in [-0.25, -0.2) is 8.42 Å². The van der Waals surface area contributed by atoms with Crippen LogP contribution in [-0.4, -0.2) is 26.2 Å². The highest BCUT2D eigenvalue weighted by atomic mass is 35.5. The summed E-state index contributed by atoms with van der Waals surface area (Å²) < 4.78 is 21.8. The number of Topliss-reactive ketones (excluding diaryl/α,β-unsaturated/α-hetero) is 1. The van der Waals surface area contributed by atoms with Gasteiger partial charge in [0.05, 0.1) is 5.75 Å². The van der Waals surface area contributed by atoms with Gasteiger partial charge in [0.25, 0.3) is 0 Å². The Morgan fingerprint density at radius 1 is 1.44 bits per heavy atom. The van der Waals surface area contributed by atoms with Gasteiger partial charge in [0.15, 0.2) is 5.78 Å². The molecule has 0 bridgehead atoms. The van der Waals surface area contributed by atoms with Crippen molar-refractivity contribution in [2.45, 2.75) is 6.42 Å². The molecule has 1 aromatic carbocycles. The highest BCUT2D eigenvalue weighted by Crippen LogP contribution is 2.19. The van der Waals surface area contributed by atoms with E-state index in [2.05, 4.69) is 0 Å². The first-order valence-corrected chi connectivity index (χ1v) is 6.99. The molecule has 88 valence electrons. The van der Waals surface area contributed by atoms with Gasteiger partial charge in [-0.2, -0.15) is 0 Å². The number of sulfone groups is 1. The molecule has 4 nitrogen and oxygen atoms in total. The Kier molecular flexibility index (Phi) is 3.93. The zero-order chi connectivity index (χ0) is 12.3. The summed E-state index contributed by atoms with van der Waals surface area (Å²) in [4.78, 5) is 11.6. The van der Waals surface area contributed by atoms with Crippen molar-refractivity contribution in [3.05, 3.63) is 28.8 Å². The van der Waals surface area contributed by atoms with Gasteiger partial charge in [0.1, 0.15) is 9.84 Å². The maximum absolute atomic E-state index is 11.6. The topological polar surface area (TPSA) is 77.2 Å². The number of carbonyl (C=O) groups excluding carboxylic acids is 1. The van der Waals surface area contributed by atoms with Crippen molar-refractivity contribution >= 4 is 32.9 Å². The van der Waals surface area contributed by atoms with Crippen molar-refractivity contribution in [1.82, 2.24) is 0 Å². The fraction of sp³-hybridized carbons (Fsp3) is 0.300. The molecule has 1 rings (SSSR count). The maximum atomic E-state index is 11.6. The zero-order valence-corrected chi connectivity index (χ0v) is 10.3. The molecule has 16 heavy (non-hydrogen) atoms. The van der Waals surface area contributed by atoms with E-state index < -0.39 is 9.84 Å². The molecule has 0 heterocycles. The third-order valence-corrected chi connectivity index (χ3v) is 3.19. The van der Waals surface area contributed by atoms with E-state index >= 15 is 0 Å². The van der Waals surface area contributed by atoms with Crippen LogP contribution in [0.15, 0.2) is 18.2 Å². The minimum atomic E-state index is -3.14. The van der Waals surface area contributed by atoms with Crippen LogP contribution >= 0.6 is 11.6 Å². The van der Waals surface area contributed by atoms with Gasteiger partial charge in [-0.3, -0.25) is 4.79 Å². The number of anilines is 1. The summed E-state index contributed by atoms with van der Waals surface area (Å²) in [5.74, 6) is -0.465. The van der Waals surface area contributed by atoms with Crippen LogP contribution in [0.3, 0.4) is 0 Å². The van der Waals surface area contributed by atoms with E-state index in [-0.39, 0.29) is 23.6 Å². The van der Waals surface area contributed by atoms with Crippen molar-refractivity contribution in [3.8, 4) is 0 Å². The summed E-state index contributed by atoms with van der Waals surface area (Å²) in [7, 11) is -3.14. The van der Waals surface area contributed by atoms with Gasteiger partial charge in [-0.05, 0) is 18.2 Å². The summed E-state index contributed by atoms with van der Waals surface area (Å²) in [6.45, 7) is 0. The molecule has 6 heteroatoms. The van der Waals surface area contributed by atoms with E-state index in [1.165, 1.54) is 12.1 Å². The smallest absolute Gasteiger partial charge is 0.165 e. The predicted octanol–water partition coefficient (Wildman–Crippen LogP) is 1.54. The van der Waals surface area contributed by atoms with Crippen LogP contribution in [0.1, 0.15) is 16.8 Å². The van der Waals surface area contributed by atoms with Gasteiger partial charge >= 0.3 is 0 Å². The van der Waals surface area contributed by atoms with E-state index in [0.717, 1.165) is 6.26 Å². The summed E-state index contributed by atoms with van der Waals surface area (Å²) >= 11 is 5.68. The molecule has 0 aliphatic rings. The van der Waals surface area contributed by atoms with Crippen molar-refractivity contribution in [3.63, 3.8) is 0 Å². The molecule has 0 aliphatic carbocycles. The molecule has 0 amide bonds. The lowest BCUT2D eigenvalue weighted by atomic mass is 10.1. The molecule has 1 aromatic rings. The number of hydrogen-bond donors (Lipinski definition) is 1. The number of nitrogen functional groups attached to an aromatic ring is 1. The molecule has 2 N–H and O–H groups in total. The Morgan fingerprint density at radius 3 is 2.56 bits per heavy atom. The van der Waals surface area contributed by atoms with E-state index in [0.29, 0.717) is 10.6 Å². The lowest BCUT2D eigenvalue weighted by Gasteiger charge is -2.04. The Bertz CT molecular complexity index is 511. The average molecular weight is 262 g/mol. The first kappa shape index (κ1) is 13.0. The third-order valence-electron chi connectivity index (χ3n) is 2.01. The molecule has 0 atom stereocenters. The summed E-state index contributed by atoms with van der Waals surface area (Å²) in [6.07, 6.45) is 1.02. The predicted molar refractivity (Wildman–Crippen MR) is 64.5 cm³/mol. The number of benzene rings is 1. The van der Waals surface area contributed by atoms with E-state index in [4.69, 9.17) is 17.3 Å². The summed E-state index contributed by atoms with van der Waals surface area (Å²) in [5, 5.41) is 0.442. The Morgan fingerprint density at radius 2 is 2.06 bits per heavy atom. The van der Waals surface area contributed by atoms with Crippen LogP contribution in [0.25, 0.3) is 0 Å². The Labute approximate surface area is 99.3 Å². The van der Waals surface area contributed by atoms with E-state index in [1.54, 1.807) is 6.07 Å². The lowest BCUT2D eigenvalue weighted by Crippen LogP contribution is -2.11. The third kappa shape index (κ3) is 3.83. The van der Waals surface area contributed by atoms with Crippen molar-refractivity contribution in [1.29, 1.82) is 0 Å². The highest BCUT2D eigenvalue weighted by molar-refractivity contribution is 7.90. The largest absolute Gasteiger partial charge is 0.398 e. The molecule has 0 saturated heterocycles. The number of rotatable bonds is 4. The molecular weight excluding hydrogens is 250 g/mol. The molecule has 0 aromatic heterocycles. The average Bonchev–Trinajstić information content (AvgIpc) is 2.13. The van der Waals surface area contributed by atoms with E-state index in [1.807, 2.05) is 0 Å². The van der Waals surface area contributed by atoms with Crippen LogP contribution in [0.2, 0.25) is 5.02 Å². The first-order chi connectivity index (χ1) is 7.29. The molecule has 0 saturated carbocycles. The second kappa shape index (κ2) is 4.84. The molecule has 0 spiro atoms. The van der Waals surface area contributed by atoms with Gasteiger partial charge in [0.2, 0.25) is 0 Å². The Balaban J connectivity index is 2.82. The zero-order valence-electron chi connectivity index (χ0n) is 8.73. The lowest BCUT2D eigenvalue weighted by molar-refractivity contribution is 0.0989. The van der Waals surface area contributed by atoms with Gasteiger partial charge in [0, 0.05) is 29.0 Å².